The van der Waals surface area contributed by atoms with Gasteiger partial charge in [0.1, 0.15) is 0 Å². The molecule has 0 fully saturated rings. The van der Waals surface area contributed by atoms with Gasteiger partial charge in [0, 0.05) is 6.04 Å². The number of aryl methyl sites for hydroxylation is 3. The summed E-state index contributed by atoms with van der Waals surface area (Å²) in [6, 6.07) is 17.1. The van der Waals surface area contributed by atoms with Gasteiger partial charge >= 0.3 is 0 Å². The summed E-state index contributed by atoms with van der Waals surface area (Å²) in [5.41, 5.74) is 11.6. The second-order valence-corrected chi connectivity index (χ2v) is 4.99. The summed E-state index contributed by atoms with van der Waals surface area (Å²) < 4.78 is 0. The van der Waals surface area contributed by atoms with Gasteiger partial charge in [-0.25, -0.2) is 0 Å². The summed E-state index contributed by atoms with van der Waals surface area (Å²) in [6.45, 7) is 4.31. The zero-order chi connectivity index (χ0) is 13.0. The Morgan fingerprint density at radius 3 is 2.44 bits per heavy atom. The first-order valence-electron chi connectivity index (χ1n) is 6.53. The molecule has 1 nitrogen and oxygen atoms in total. The van der Waals surface area contributed by atoms with Gasteiger partial charge in [0.05, 0.1) is 0 Å². The molecule has 94 valence electrons. The van der Waals surface area contributed by atoms with E-state index in [2.05, 4.69) is 44.2 Å². The fraction of sp³-hybridized carbons (Fsp3) is 0.294. The third-order valence-corrected chi connectivity index (χ3v) is 3.46. The Morgan fingerprint density at radius 1 is 1.00 bits per heavy atom. The summed E-state index contributed by atoms with van der Waals surface area (Å²) in [4.78, 5) is 0. The van der Waals surface area contributed by atoms with Crippen molar-refractivity contribution in [3.8, 4) is 0 Å². The van der Waals surface area contributed by atoms with Crippen LogP contribution in [0, 0.1) is 13.8 Å². The molecule has 0 aliphatic carbocycles. The Balaban J connectivity index is 2.01. The van der Waals surface area contributed by atoms with E-state index in [1.165, 1.54) is 22.3 Å². The highest BCUT2D eigenvalue weighted by atomic mass is 14.6. The maximum absolute atomic E-state index is 6.23. The fourth-order valence-electron chi connectivity index (χ4n) is 2.25. The monoisotopic (exact) mass is 239 g/mol. The predicted octanol–water partition coefficient (Wildman–Crippen LogP) is 3.94. The van der Waals surface area contributed by atoms with E-state index < -0.39 is 0 Å². The molecule has 1 atom stereocenters. The van der Waals surface area contributed by atoms with Crippen molar-refractivity contribution < 1.29 is 0 Å². The van der Waals surface area contributed by atoms with Crippen molar-refractivity contribution in [1.82, 2.24) is 0 Å². The lowest BCUT2D eigenvalue weighted by atomic mass is 9.96. The number of benzene rings is 2. The van der Waals surface area contributed by atoms with E-state index in [4.69, 9.17) is 5.73 Å². The van der Waals surface area contributed by atoms with Crippen molar-refractivity contribution in [3.63, 3.8) is 0 Å². The third-order valence-electron chi connectivity index (χ3n) is 3.46. The van der Waals surface area contributed by atoms with Gasteiger partial charge in [0.2, 0.25) is 0 Å². The van der Waals surface area contributed by atoms with Crippen LogP contribution >= 0.6 is 0 Å². The molecule has 2 aromatic carbocycles. The van der Waals surface area contributed by atoms with Gasteiger partial charge in [-0.2, -0.15) is 0 Å². The van der Waals surface area contributed by atoms with E-state index in [9.17, 15) is 0 Å². The maximum atomic E-state index is 6.23. The lowest BCUT2D eigenvalue weighted by Gasteiger charge is -2.13. The van der Waals surface area contributed by atoms with Gasteiger partial charge in [-0.1, -0.05) is 54.1 Å². The summed E-state index contributed by atoms with van der Waals surface area (Å²) in [7, 11) is 0. The van der Waals surface area contributed by atoms with E-state index in [-0.39, 0.29) is 6.04 Å². The first-order chi connectivity index (χ1) is 8.66. The fourth-order valence-corrected chi connectivity index (χ4v) is 2.25. The third kappa shape index (κ3) is 3.21. The van der Waals surface area contributed by atoms with E-state index in [1.54, 1.807) is 0 Å². The Bertz CT molecular complexity index is 502. The normalized spacial score (nSPS) is 12.4. The van der Waals surface area contributed by atoms with Crippen LogP contribution in [0.15, 0.2) is 48.5 Å². The van der Waals surface area contributed by atoms with Crippen molar-refractivity contribution in [2.75, 3.05) is 0 Å². The summed E-state index contributed by atoms with van der Waals surface area (Å²) >= 11 is 0. The van der Waals surface area contributed by atoms with Crippen LogP contribution in [-0.4, -0.2) is 0 Å². The molecule has 0 radical (unpaired) electrons. The Labute approximate surface area is 110 Å². The second kappa shape index (κ2) is 5.83. The van der Waals surface area contributed by atoms with Crippen molar-refractivity contribution in [2.24, 2.45) is 5.73 Å². The number of nitrogens with two attached hydrogens (primary N) is 1. The minimum Gasteiger partial charge on any atom is -0.324 e. The minimum atomic E-state index is 0.131. The van der Waals surface area contributed by atoms with Crippen molar-refractivity contribution >= 4 is 0 Å². The molecule has 1 heteroatoms. The predicted molar refractivity (Wildman–Crippen MR) is 77.6 cm³/mol. The molecular weight excluding hydrogens is 218 g/mol. The molecule has 0 saturated carbocycles. The van der Waals surface area contributed by atoms with Crippen LogP contribution < -0.4 is 5.73 Å². The van der Waals surface area contributed by atoms with Crippen LogP contribution in [0.2, 0.25) is 0 Å². The van der Waals surface area contributed by atoms with Crippen LogP contribution in [0.1, 0.15) is 34.7 Å². The van der Waals surface area contributed by atoms with E-state index in [0.29, 0.717) is 0 Å². The van der Waals surface area contributed by atoms with E-state index >= 15 is 0 Å². The molecular formula is C17H21N. The summed E-state index contributed by atoms with van der Waals surface area (Å²) in [5, 5.41) is 0. The molecule has 0 saturated heterocycles. The maximum Gasteiger partial charge on any atom is 0.0298 e. The van der Waals surface area contributed by atoms with Gasteiger partial charge in [-0.15, -0.1) is 0 Å². The minimum absolute atomic E-state index is 0.131. The molecule has 1 unspecified atom stereocenters. The molecule has 18 heavy (non-hydrogen) atoms. The Morgan fingerprint density at radius 2 is 1.72 bits per heavy atom. The average Bonchev–Trinajstić information content (AvgIpc) is 2.40. The van der Waals surface area contributed by atoms with Crippen LogP contribution in [0.3, 0.4) is 0 Å². The molecule has 0 spiro atoms. The van der Waals surface area contributed by atoms with E-state index in [0.717, 1.165) is 12.8 Å². The largest absolute Gasteiger partial charge is 0.324 e. The molecule has 2 N–H and O–H groups in total. The van der Waals surface area contributed by atoms with Crippen LogP contribution in [0.5, 0.6) is 0 Å². The molecule has 0 aliphatic heterocycles. The highest BCUT2D eigenvalue weighted by Crippen LogP contribution is 2.19. The smallest absolute Gasteiger partial charge is 0.0298 e. The van der Waals surface area contributed by atoms with Crippen molar-refractivity contribution in [1.29, 1.82) is 0 Å². The van der Waals surface area contributed by atoms with Crippen LogP contribution in [0.25, 0.3) is 0 Å². The SMILES string of the molecule is Cc1ccc(C)c(CCC(N)c2ccccc2)c1. The van der Waals surface area contributed by atoms with E-state index in [1.807, 2.05) is 18.2 Å². The molecule has 2 aromatic rings. The van der Waals surface area contributed by atoms with Crippen molar-refractivity contribution in [3.05, 3.63) is 70.8 Å². The van der Waals surface area contributed by atoms with Gasteiger partial charge in [-0.05, 0) is 43.4 Å². The first-order valence-corrected chi connectivity index (χ1v) is 6.53. The zero-order valence-corrected chi connectivity index (χ0v) is 11.2. The van der Waals surface area contributed by atoms with Gasteiger partial charge in [0.15, 0.2) is 0 Å². The Hall–Kier alpha value is -1.60. The molecule has 0 amide bonds. The number of rotatable bonds is 4. The Kier molecular flexibility index (Phi) is 4.16. The summed E-state index contributed by atoms with van der Waals surface area (Å²) in [5.74, 6) is 0. The lowest BCUT2D eigenvalue weighted by molar-refractivity contribution is 0.650. The van der Waals surface area contributed by atoms with Crippen molar-refractivity contribution in [2.45, 2.75) is 32.7 Å². The average molecular weight is 239 g/mol. The highest BCUT2D eigenvalue weighted by molar-refractivity contribution is 5.31. The number of hydrogen-bond acceptors (Lipinski definition) is 1. The van der Waals surface area contributed by atoms with Gasteiger partial charge < -0.3 is 5.73 Å². The molecule has 0 bridgehead atoms. The molecule has 2 rings (SSSR count). The second-order valence-electron chi connectivity index (χ2n) is 4.99. The number of hydrogen-bond donors (Lipinski definition) is 1. The molecule has 0 aliphatic rings. The highest BCUT2D eigenvalue weighted by Gasteiger charge is 2.06. The molecule has 0 aromatic heterocycles. The standard InChI is InChI=1S/C17H21N/c1-13-8-9-14(2)16(12-13)10-11-17(18)15-6-4-3-5-7-15/h3-9,12,17H,10-11,18H2,1-2H3. The zero-order valence-electron chi connectivity index (χ0n) is 11.2. The lowest BCUT2D eigenvalue weighted by Crippen LogP contribution is -2.11. The quantitative estimate of drug-likeness (QED) is 0.859. The van der Waals surface area contributed by atoms with Crippen LogP contribution in [0.4, 0.5) is 0 Å². The topological polar surface area (TPSA) is 26.0 Å². The van der Waals surface area contributed by atoms with Crippen LogP contribution in [-0.2, 0) is 6.42 Å². The van der Waals surface area contributed by atoms with Gasteiger partial charge in [-0.3, -0.25) is 0 Å². The summed E-state index contributed by atoms with van der Waals surface area (Å²) in [6.07, 6.45) is 2.04. The first kappa shape index (κ1) is 12.8. The van der Waals surface area contributed by atoms with Gasteiger partial charge in [0.25, 0.3) is 0 Å². The molecule has 0 heterocycles.